The van der Waals surface area contributed by atoms with E-state index < -0.39 is 47.3 Å². The minimum atomic E-state index is -1.62. The van der Waals surface area contributed by atoms with Crippen molar-refractivity contribution in [2.75, 3.05) is 5.32 Å². The van der Waals surface area contributed by atoms with E-state index in [2.05, 4.69) is 10.6 Å². The molecular weight excluding hydrogens is 314 g/mol. The molecule has 1 aromatic carbocycles. The molecule has 0 saturated heterocycles. The van der Waals surface area contributed by atoms with Crippen LogP contribution in [0.3, 0.4) is 0 Å². The molecule has 3 rings (SSSR count). The van der Waals surface area contributed by atoms with Gasteiger partial charge in [0.15, 0.2) is 0 Å². The summed E-state index contributed by atoms with van der Waals surface area (Å²) >= 11 is 0. The van der Waals surface area contributed by atoms with E-state index in [0.29, 0.717) is 5.69 Å². The summed E-state index contributed by atoms with van der Waals surface area (Å²) in [6, 6.07) is 6.13. The number of nitrogens with two attached hydrogens (primary N) is 1. The molecule has 2 saturated carbocycles. The van der Waals surface area contributed by atoms with Gasteiger partial charge >= 0.3 is 18.0 Å². The molecule has 2 aliphatic rings. The maximum atomic E-state index is 12.2. The summed E-state index contributed by atoms with van der Waals surface area (Å²) in [6.07, 6.45) is 0.0165. The monoisotopic (exact) mass is 333 g/mol. The number of aliphatic carboxylic acids is 2. The highest BCUT2D eigenvalue weighted by molar-refractivity contribution is 5.91. The number of para-hydroxylation sites is 1. The van der Waals surface area contributed by atoms with Gasteiger partial charge < -0.3 is 26.6 Å². The molecule has 8 heteroatoms. The predicted molar refractivity (Wildman–Crippen MR) is 84.4 cm³/mol. The lowest BCUT2D eigenvalue weighted by Gasteiger charge is -2.25. The summed E-state index contributed by atoms with van der Waals surface area (Å²) in [6.45, 7) is 1.85. The van der Waals surface area contributed by atoms with E-state index in [1.54, 1.807) is 12.1 Å². The number of aryl methyl sites for hydroxylation is 1. The van der Waals surface area contributed by atoms with Crippen LogP contribution in [0.15, 0.2) is 24.3 Å². The lowest BCUT2D eigenvalue weighted by atomic mass is 9.90. The molecule has 5 atom stereocenters. The Morgan fingerprint density at radius 2 is 1.92 bits per heavy atom. The maximum Gasteiger partial charge on any atom is 0.324 e. The first-order valence-electron chi connectivity index (χ1n) is 7.64. The number of hydrogen-bond acceptors (Lipinski definition) is 4. The third-order valence-corrected chi connectivity index (χ3v) is 5.09. The molecule has 0 bridgehead atoms. The van der Waals surface area contributed by atoms with Crippen molar-refractivity contribution in [1.29, 1.82) is 0 Å². The van der Waals surface area contributed by atoms with Gasteiger partial charge in [-0.3, -0.25) is 9.59 Å². The van der Waals surface area contributed by atoms with Gasteiger partial charge in [-0.05, 0) is 30.9 Å². The Kier molecular flexibility index (Phi) is 3.71. The van der Waals surface area contributed by atoms with Crippen LogP contribution in [0.2, 0.25) is 0 Å². The van der Waals surface area contributed by atoms with Gasteiger partial charge in [0, 0.05) is 17.6 Å². The van der Waals surface area contributed by atoms with E-state index in [4.69, 9.17) is 5.73 Å². The van der Waals surface area contributed by atoms with Crippen LogP contribution in [-0.4, -0.2) is 39.8 Å². The van der Waals surface area contributed by atoms with Gasteiger partial charge in [-0.2, -0.15) is 0 Å². The third kappa shape index (κ3) is 2.48. The second-order valence-corrected chi connectivity index (χ2v) is 6.54. The number of rotatable bonds is 4. The van der Waals surface area contributed by atoms with Gasteiger partial charge in [-0.1, -0.05) is 18.2 Å². The highest BCUT2D eigenvalue weighted by atomic mass is 16.4. The van der Waals surface area contributed by atoms with Crippen LogP contribution in [-0.2, 0) is 9.59 Å². The van der Waals surface area contributed by atoms with Gasteiger partial charge in [-0.15, -0.1) is 0 Å². The second kappa shape index (κ2) is 5.48. The zero-order valence-electron chi connectivity index (χ0n) is 13.0. The highest BCUT2D eigenvalue weighted by Gasteiger charge is 2.74. The maximum absolute atomic E-state index is 12.2. The number of carbonyl (C=O) groups is 3. The van der Waals surface area contributed by atoms with Crippen molar-refractivity contribution in [1.82, 2.24) is 5.32 Å². The van der Waals surface area contributed by atoms with Crippen molar-refractivity contribution in [2.45, 2.75) is 24.9 Å². The molecule has 2 fully saturated rings. The van der Waals surface area contributed by atoms with Crippen molar-refractivity contribution >= 4 is 23.7 Å². The van der Waals surface area contributed by atoms with Crippen molar-refractivity contribution in [3.05, 3.63) is 29.8 Å². The number of carboxylic acids is 2. The number of benzene rings is 1. The first-order valence-corrected chi connectivity index (χ1v) is 7.64. The lowest BCUT2D eigenvalue weighted by molar-refractivity contribution is -0.145. The van der Waals surface area contributed by atoms with Crippen LogP contribution >= 0.6 is 0 Å². The summed E-state index contributed by atoms with van der Waals surface area (Å²) in [7, 11) is 0. The largest absolute Gasteiger partial charge is 0.481 e. The van der Waals surface area contributed by atoms with Gasteiger partial charge in [0.05, 0.1) is 5.92 Å². The Labute approximate surface area is 138 Å². The van der Waals surface area contributed by atoms with Gasteiger partial charge in [0.2, 0.25) is 0 Å². The summed E-state index contributed by atoms with van der Waals surface area (Å²) in [4.78, 5) is 34.9. The van der Waals surface area contributed by atoms with Crippen molar-refractivity contribution in [2.24, 2.45) is 23.5 Å². The number of anilines is 1. The molecule has 24 heavy (non-hydrogen) atoms. The molecule has 128 valence electrons. The van der Waals surface area contributed by atoms with Crippen LogP contribution in [0.25, 0.3) is 0 Å². The van der Waals surface area contributed by atoms with E-state index in [-0.39, 0.29) is 6.42 Å². The fourth-order valence-corrected chi connectivity index (χ4v) is 3.87. The number of carboxylic acid groups (broad SMARTS) is 2. The van der Waals surface area contributed by atoms with E-state index in [0.717, 1.165) is 5.56 Å². The van der Waals surface area contributed by atoms with E-state index in [9.17, 15) is 24.6 Å². The molecule has 0 radical (unpaired) electrons. The van der Waals surface area contributed by atoms with E-state index >= 15 is 0 Å². The normalized spacial score (nSPS) is 33.4. The van der Waals surface area contributed by atoms with Crippen molar-refractivity contribution in [3.8, 4) is 0 Å². The summed E-state index contributed by atoms with van der Waals surface area (Å²) in [5, 5.41) is 23.9. The number of nitrogens with one attached hydrogen (secondary N) is 2. The molecule has 2 amide bonds. The molecule has 8 nitrogen and oxygen atoms in total. The van der Waals surface area contributed by atoms with Crippen LogP contribution in [0, 0.1) is 24.7 Å². The fourth-order valence-electron chi connectivity index (χ4n) is 3.87. The minimum absolute atomic E-state index is 0.0165. The molecule has 5 unspecified atom stereocenters. The quantitative estimate of drug-likeness (QED) is 0.547. The standard InChI is InChI=1S/C16H19N3O5/c1-7-4-2-3-5-8(7)18-15(24)19-9-6-16(17,14(22)23)12-10(9)11(12)13(20)21/h2-5,9-12H,6,17H2,1H3,(H,20,21)(H,22,23)(H2,18,19,24). The predicted octanol–water partition coefficient (Wildman–Crippen LogP) is 0.618. The van der Waals surface area contributed by atoms with Crippen molar-refractivity contribution in [3.63, 3.8) is 0 Å². The molecule has 0 aromatic heterocycles. The Morgan fingerprint density at radius 3 is 2.50 bits per heavy atom. The van der Waals surface area contributed by atoms with E-state index in [1.807, 2.05) is 19.1 Å². The summed E-state index contributed by atoms with van der Waals surface area (Å²) in [5.41, 5.74) is 5.82. The van der Waals surface area contributed by atoms with Crippen molar-refractivity contribution < 1.29 is 24.6 Å². The first kappa shape index (κ1) is 16.3. The van der Waals surface area contributed by atoms with Gasteiger partial charge in [0.1, 0.15) is 5.54 Å². The average Bonchev–Trinajstić information content (AvgIpc) is 3.18. The first-order chi connectivity index (χ1) is 11.3. The molecular formula is C16H19N3O5. The third-order valence-electron chi connectivity index (χ3n) is 5.09. The van der Waals surface area contributed by atoms with Crippen LogP contribution in [0.1, 0.15) is 12.0 Å². The number of urea groups is 1. The molecule has 6 N–H and O–H groups in total. The Bertz CT molecular complexity index is 721. The Balaban J connectivity index is 1.71. The SMILES string of the molecule is Cc1ccccc1NC(=O)NC1CC(N)(C(=O)O)C2C(C(=O)O)C12. The molecule has 1 aromatic rings. The number of fused-ring (bicyclic) bond motifs is 1. The molecule has 0 aliphatic heterocycles. The summed E-state index contributed by atoms with van der Waals surface area (Å²) in [5.74, 6) is -4.25. The minimum Gasteiger partial charge on any atom is -0.481 e. The topological polar surface area (TPSA) is 142 Å². The Morgan fingerprint density at radius 1 is 1.25 bits per heavy atom. The average molecular weight is 333 g/mol. The van der Waals surface area contributed by atoms with Crippen LogP contribution in [0.5, 0.6) is 0 Å². The fraction of sp³-hybridized carbons (Fsp3) is 0.438. The number of amides is 2. The highest BCUT2D eigenvalue weighted by Crippen LogP contribution is 2.61. The molecule has 0 heterocycles. The lowest BCUT2D eigenvalue weighted by Crippen LogP contribution is -2.52. The van der Waals surface area contributed by atoms with Crippen LogP contribution < -0.4 is 16.4 Å². The molecule has 0 spiro atoms. The van der Waals surface area contributed by atoms with E-state index in [1.165, 1.54) is 0 Å². The van der Waals surface area contributed by atoms with Gasteiger partial charge in [-0.25, -0.2) is 4.79 Å². The zero-order valence-corrected chi connectivity index (χ0v) is 13.0. The van der Waals surface area contributed by atoms with Gasteiger partial charge in [0.25, 0.3) is 0 Å². The Hall–Kier alpha value is -2.61. The zero-order chi connectivity index (χ0) is 17.6. The van der Waals surface area contributed by atoms with Crippen LogP contribution in [0.4, 0.5) is 10.5 Å². The molecule has 2 aliphatic carbocycles. The smallest absolute Gasteiger partial charge is 0.324 e. The number of hydrogen-bond donors (Lipinski definition) is 5. The summed E-state index contributed by atoms with van der Waals surface area (Å²) < 4.78 is 0. The number of carbonyl (C=O) groups excluding carboxylic acids is 1. The second-order valence-electron chi connectivity index (χ2n) is 6.54.